The maximum absolute atomic E-state index is 14.1. The van der Waals surface area contributed by atoms with E-state index in [1.807, 2.05) is 0 Å². The van der Waals surface area contributed by atoms with Crippen LogP contribution in [0.3, 0.4) is 0 Å². The Kier molecular flexibility index (Phi) is 5.85. The number of halogens is 1. The van der Waals surface area contributed by atoms with Gasteiger partial charge in [0.15, 0.2) is 5.01 Å². The van der Waals surface area contributed by atoms with Crippen LogP contribution in [0.15, 0.2) is 48.5 Å². The van der Waals surface area contributed by atoms with Crippen molar-refractivity contribution in [2.75, 3.05) is 20.2 Å². The normalized spacial score (nSPS) is 16.3. The van der Waals surface area contributed by atoms with Crippen LogP contribution in [0.1, 0.15) is 44.5 Å². The number of esters is 1. The van der Waals surface area contributed by atoms with E-state index in [0.29, 0.717) is 29.2 Å². The van der Waals surface area contributed by atoms with Crippen LogP contribution < -0.4 is 0 Å². The van der Waals surface area contributed by atoms with Gasteiger partial charge in [0.2, 0.25) is 0 Å². The van der Waals surface area contributed by atoms with Gasteiger partial charge in [-0.1, -0.05) is 35.6 Å². The molecule has 2 aromatic carbocycles. The largest absolute Gasteiger partial charge is 0.465 e. The van der Waals surface area contributed by atoms with Crippen LogP contribution in [0.2, 0.25) is 0 Å². The van der Waals surface area contributed by atoms with Crippen molar-refractivity contribution >= 4 is 23.2 Å². The Morgan fingerprint density at radius 3 is 2.60 bits per heavy atom. The van der Waals surface area contributed by atoms with Gasteiger partial charge in [0.25, 0.3) is 5.91 Å². The van der Waals surface area contributed by atoms with E-state index in [1.54, 1.807) is 47.4 Å². The third-order valence-electron chi connectivity index (χ3n) is 5.17. The molecule has 1 saturated heterocycles. The molecule has 2 heterocycles. The van der Waals surface area contributed by atoms with Gasteiger partial charge in [-0.25, -0.2) is 9.18 Å². The van der Waals surface area contributed by atoms with Crippen molar-refractivity contribution in [1.29, 1.82) is 0 Å². The van der Waals surface area contributed by atoms with E-state index in [2.05, 4.69) is 10.2 Å². The van der Waals surface area contributed by atoms with Gasteiger partial charge in [0.05, 0.1) is 18.2 Å². The van der Waals surface area contributed by atoms with Crippen LogP contribution in [0.4, 0.5) is 4.39 Å². The minimum Gasteiger partial charge on any atom is -0.465 e. The van der Waals surface area contributed by atoms with Gasteiger partial charge in [-0.05, 0) is 37.1 Å². The summed E-state index contributed by atoms with van der Waals surface area (Å²) in [5, 5.41) is 9.75. The molecule has 1 fully saturated rings. The molecule has 0 bridgehead atoms. The first-order chi connectivity index (χ1) is 14.6. The van der Waals surface area contributed by atoms with Crippen LogP contribution >= 0.6 is 11.3 Å². The highest BCUT2D eigenvalue weighted by atomic mass is 32.1. The first-order valence-corrected chi connectivity index (χ1v) is 10.4. The van der Waals surface area contributed by atoms with Crippen LogP contribution in [0, 0.1) is 5.82 Å². The number of hydrogen-bond donors (Lipinski definition) is 0. The number of carbonyl (C=O) groups excluding carboxylic acids is 2. The number of methoxy groups -OCH3 is 1. The number of likely N-dealkylation sites (tertiary alicyclic amines) is 1. The molecule has 0 spiro atoms. The van der Waals surface area contributed by atoms with E-state index in [9.17, 15) is 14.0 Å². The Labute approximate surface area is 177 Å². The topological polar surface area (TPSA) is 72.4 Å². The molecule has 1 aromatic heterocycles. The highest BCUT2D eigenvalue weighted by Gasteiger charge is 2.30. The summed E-state index contributed by atoms with van der Waals surface area (Å²) in [7, 11) is 1.29. The zero-order valence-electron chi connectivity index (χ0n) is 16.4. The number of ether oxygens (including phenoxy) is 1. The maximum atomic E-state index is 14.1. The Morgan fingerprint density at radius 2 is 1.83 bits per heavy atom. The highest BCUT2D eigenvalue weighted by molar-refractivity contribution is 7.14. The van der Waals surface area contributed by atoms with Crippen LogP contribution in [0.5, 0.6) is 0 Å². The predicted molar refractivity (Wildman–Crippen MR) is 111 cm³/mol. The smallest absolute Gasteiger partial charge is 0.338 e. The molecule has 1 aliphatic rings. The van der Waals surface area contributed by atoms with Crippen LogP contribution in [-0.4, -0.2) is 47.2 Å². The van der Waals surface area contributed by atoms with Crippen molar-refractivity contribution in [2.24, 2.45) is 0 Å². The van der Waals surface area contributed by atoms with Crippen molar-refractivity contribution in [2.45, 2.75) is 18.8 Å². The molecule has 0 N–H and O–H groups in total. The summed E-state index contributed by atoms with van der Waals surface area (Å²) in [4.78, 5) is 26.9. The molecule has 0 aliphatic carbocycles. The molecule has 4 rings (SSSR count). The number of rotatable bonds is 4. The molecule has 8 heteroatoms. The van der Waals surface area contributed by atoms with E-state index >= 15 is 0 Å². The summed E-state index contributed by atoms with van der Waals surface area (Å²) in [5.74, 6) is -1.06. The molecule has 0 saturated carbocycles. The number of aromatic nitrogens is 2. The zero-order valence-corrected chi connectivity index (χ0v) is 17.2. The number of carbonyl (C=O) groups is 2. The third-order valence-corrected chi connectivity index (χ3v) is 6.28. The summed E-state index contributed by atoms with van der Waals surface area (Å²) >= 11 is 1.35. The lowest BCUT2D eigenvalue weighted by atomic mass is 9.97. The van der Waals surface area contributed by atoms with Crippen molar-refractivity contribution in [1.82, 2.24) is 15.1 Å². The van der Waals surface area contributed by atoms with Crippen LogP contribution in [0.25, 0.3) is 10.6 Å². The van der Waals surface area contributed by atoms with Gasteiger partial charge >= 0.3 is 5.97 Å². The van der Waals surface area contributed by atoms with Gasteiger partial charge in [-0.3, -0.25) is 4.79 Å². The quantitative estimate of drug-likeness (QED) is 0.587. The molecule has 6 nitrogen and oxygen atoms in total. The molecule has 1 amide bonds. The first kappa shape index (κ1) is 20.2. The second-order valence-electron chi connectivity index (χ2n) is 7.05. The lowest BCUT2D eigenvalue weighted by Crippen LogP contribution is -2.39. The van der Waals surface area contributed by atoms with Gasteiger partial charge in [-0.2, -0.15) is 0 Å². The summed E-state index contributed by atoms with van der Waals surface area (Å²) < 4.78 is 18.9. The Morgan fingerprint density at radius 1 is 1.10 bits per heavy atom. The fraction of sp³-hybridized carbons (Fsp3) is 0.273. The fourth-order valence-corrected chi connectivity index (χ4v) is 4.63. The second kappa shape index (κ2) is 8.71. The minimum atomic E-state index is -0.536. The number of hydrogen-bond acceptors (Lipinski definition) is 6. The molecule has 1 aliphatic heterocycles. The average molecular weight is 425 g/mol. The van der Waals surface area contributed by atoms with Crippen molar-refractivity contribution in [3.05, 3.63) is 70.5 Å². The zero-order chi connectivity index (χ0) is 21.1. The van der Waals surface area contributed by atoms with Gasteiger partial charge in [0, 0.05) is 24.6 Å². The molecule has 0 radical (unpaired) electrons. The van der Waals surface area contributed by atoms with Crippen molar-refractivity contribution in [3.8, 4) is 10.6 Å². The van der Waals surface area contributed by atoms with Crippen molar-refractivity contribution < 1.29 is 18.7 Å². The lowest BCUT2D eigenvalue weighted by Gasteiger charge is -2.32. The molecule has 1 unspecified atom stereocenters. The second-order valence-corrected chi connectivity index (χ2v) is 8.06. The molecule has 154 valence electrons. The standard InChI is InChI=1S/C22H20FN3O3S/c1-29-22(28)16-9-3-2-8-15(16)21(27)26-12-6-7-14(13-26)19-24-25-20(30-19)17-10-4-5-11-18(17)23/h2-5,8-11,14H,6-7,12-13H2,1H3. The first-order valence-electron chi connectivity index (χ1n) is 9.63. The number of piperidine rings is 1. The Bertz CT molecular complexity index is 1080. The molecule has 30 heavy (non-hydrogen) atoms. The molecular weight excluding hydrogens is 405 g/mol. The Balaban J connectivity index is 1.54. The monoisotopic (exact) mass is 425 g/mol. The SMILES string of the molecule is COC(=O)c1ccccc1C(=O)N1CCCC(c2nnc(-c3ccccc3F)s2)C1. The highest BCUT2D eigenvalue weighted by Crippen LogP contribution is 2.34. The predicted octanol–water partition coefficient (Wildman–Crippen LogP) is 4.15. The van der Waals surface area contributed by atoms with Gasteiger partial charge in [-0.15, -0.1) is 10.2 Å². The third kappa shape index (κ3) is 3.95. The summed E-state index contributed by atoms with van der Waals surface area (Å²) in [6.07, 6.45) is 1.68. The average Bonchev–Trinajstić information content (AvgIpc) is 3.28. The van der Waals surface area contributed by atoms with E-state index in [0.717, 1.165) is 17.8 Å². The van der Waals surface area contributed by atoms with E-state index in [1.165, 1.54) is 24.5 Å². The summed E-state index contributed by atoms with van der Waals surface area (Å²) in [6.45, 7) is 1.07. The maximum Gasteiger partial charge on any atom is 0.338 e. The van der Waals surface area contributed by atoms with E-state index in [4.69, 9.17) is 4.74 Å². The van der Waals surface area contributed by atoms with E-state index in [-0.39, 0.29) is 23.2 Å². The minimum absolute atomic E-state index is 0.0195. The molecule has 1 atom stereocenters. The van der Waals surface area contributed by atoms with Crippen LogP contribution in [-0.2, 0) is 4.74 Å². The summed E-state index contributed by atoms with van der Waals surface area (Å²) in [5.41, 5.74) is 1.01. The van der Waals surface area contributed by atoms with Crippen molar-refractivity contribution in [3.63, 3.8) is 0 Å². The molecule has 3 aromatic rings. The molecular formula is C22H20FN3O3S. The number of nitrogens with zero attached hydrogens (tertiary/aromatic N) is 3. The Hall–Kier alpha value is -3.13. The number of benzene rings is 2. The van der Waals surface area contributed by atoms with E-state index < -0.39 is 5.97 Å². The van der Waals surface area contributed by atoms with Gasteiger partial charge in [0.1, 0.15) is 10.8 Å². The fourth-order valence-electron chi connectivity index (χ4n) is 3.63. The van der Waals surface area contributed by atoms with Gasteiger partial charge < -0.3 is 9.64 Å². The lowest BCUT2D eigenvalue weighted by molar-refractivity contribution is 0.0586. The number of amides is 1. The summed E-state index contributed by atoms with van der Waals surface area (Å²) in [6, 6.07) is 13.1.